The van der Waals surface area contributed by atoms with Crippen LogP contribution < -0.4 is 4.74 Å². The third kappa shape index (κ3) is 7.23. The maximum Gasteiger partial charge on any atom is 0.306 e. The third-order valence-electron chi connectivity index (χ3n) is 6.32. The van der Waals surface area contributed by atoms with Crippen LogP contribution in [-0.2, 0) is 27.2 Å². The molecule has 2 aromatic carbocycles. The van der Waals surface area contributed by atoms with Gasteiger partial charge in [0.1, 0.15) is 17.4 Å². The summed E-state index contributed by atoms with van der Waals surface area (Å²) in [5, 5.41) is 13.7. The van der Waals surface area contributed by atoms with Crippen LogP contribution in [0.5, 0.6) is 5.75 Å². The van der Waals surface area contributed by atoms with Crippen LogP contribution in [0.1, 0.15) is 63.6 Å². The van der Waals surface area contributed by atoms with Crippen molar-refractivity contribution in [3.63, 3.8) is 0 Å². The van der Waals surface area contributed by atoms with Gasteiger partial charge in [-0.2, -0.15) is 10.2 Å². The number of aromatic nitrogens is 2. The van der Waals surface area contributed by atoms with Gasteiger partial charge in [0.25, 0.3) is 5.89 Å². The van der Waals surface area contributed by atoms with Crippen molar-refractivity contribution in [2.45, 2.75) is 65.4 Å². The Morgan fingerprint density at radius 2 is 1.79 bits per heavy atom. The molecule has 1 aliphatic heterocycles. The van der Waals surface area contributed by atoms with Gasteiger partial charge in [-0.1, -0.05) is 24.2 Å². The van der Waals surface area contributed by atoms with Crippen molar-refractivity contribution in [1.82, 2.24) is 15.0 Å². The zero-order valence-corrected chi connectivity index (χ0v) is 23.0. The number of hydrogen-bond acceptors (Lipinski definition) is 8. The van der Waals surface area contributed by atoms with Gasteiger partial charge in [-0.25, -0.2) is 0 Å². The van der Waals surface area contributed by atoms with E-state index in [1.54, 1.807) is 18.2 Å². The third-order valence-corrected chi connectivity index (χ3v) is 6.32. The average Bonchev–Trinajstić information content (AvgIpc) is 3.30. The predicted molar refractivity (Wildman–Crippen MR) is 145 cm³/mol. The molecule has 9 heteroatoms. The Morgan fingerprint density at radius 3 is 2.51 bits per heavy atom. The van der Waals surface area contributed by atoms with Crippen LogP contribution >= 0.6 is 0 Å². The van der Waals surface area contributed by atoms with Crippen LogP contribution in [0.4, 0.5) is 0 Å². The minimum absolute atomic E-state index is 0.0421. The molecule has 9 nitrogen and oxygen atoms in total. The number of carbonyl (C=O) groups is 2. The molecule has 0 spiro atoms. The second-order valence-electron chi connectivity index (χ2n) is 10.5. The number of rotatable bonds is 8. The zero-order chi connectivity index (χ0) is 28.0. The Hall–Kier alpha value is -4.19. The lowest BCUT2D eigenvalue weighted by Crippen LogP contribution is -2.34. The van der Waals surface area contributed by atoms with Crippen LogP contribution in [0.2, 0.25) is 0 Å². The average molecular weight is 531 g/mol. The lowest BCUT2D eigenvalue weighted by Gasteiger charge is -2.22. The molecular formula is C30H34N4O5. The smallest absolute Gasteiger partial charge is 0.306 e. The molecule has 0 bridgehead atoms. The predicted octanol–water partition coefficient (Wildman–Crippen LogP) is 5.11. The summed E-state index contributed by atoms with van der Waals surface area (Å²) in [7, 11) is 0. The molecular weight excluding hydrogens is 496 g/mol. The number of nitriles is 1. The van der Waals surface area contributed by atoms with E-state index in [9.17, 15) is 14.9 Å². The minimum atomic E-state index is -0.561. The highest BCUT2D eigenvalue weighted by atomic mass is 16.6. The zero-order valence-electron chi connectivity index (χ0n) is 23.0. The molecule has 4 rings (SSSR count). The van der Waals surface area contributed by atoms with Gasteiger partial charge in [-0.15, -0.1) is 0 Å². The molecule has 2 heterocycles. The standard InChI is InChI=1S/C30H34N4O5/c1-5-16-37-25-9-8-23(18-24(25)19-31)29-32-28(33-39-29)22-7-6-20-12-14-34(15-13-21(20)17-22)26(35)10-11-27(36)38-30(2,3)4/h6-9,17-18H,5,10-16H2,1-4H3. The first-order valence-corrected chi connectivity index (χ1v) is 13.3. The van der Waals surface area contributed by atoms with E-state index in [4.69, 9.17) is 14.0 Å². The SMILES string of the molecule is CCCOc1ccc(-c2nc(-c3ccc4c(c3)CCN(C(=O)CCC(=O)OC(C)(C)C)CC4)no2)cc1C#N. The van der Waals surface area contributed by atoms with Gasteiger partial charge in [-0.05, 0) is 75.4 Å². The fraction of sp³-hybridized carbons (Fsp3) is 0.433. The molecule has 0 unspecified atom stereocenters. The van der Waals surface area contributed by atoms with E-state index < -0.39 is 5.60 Å². The first-order chi connectivity index (χ1) is 18.7. The molecule has 0 atom stereocenters. The molecule has 0 saturated heterocycles. The van der Waals surface area contributed by atoms with Crippen molar-refractivity contribution in [2.75, 3.05) is 19.7 Å². The molecule has 3 aromatic rings. The van der Waals surface area contributed by atoms with Crippen molar-refractivity contribution >= 4 is 11.9 Å². The summed E-state index contributed by atoms with van der Waals surface area (Å²) < 4.78 is 16.5. The lowest BCUT2D eigenvalue weighted by atomic mass is 10.00. The number of benzene rings is 2. The van der Waals surface area contributed by atoms with Crippen LogP contribution in [0.25, 0.3) is 22.8 Å². The van der Waals surface area contributed by atoms with Gasteiger partial charge < -0.3 is 18.9 Å². The summed E-state index contributed by atoms with van der Waals surface area (Å²) in [6, 6.07) is 13.4. The molecule has 39 heavy (non-hydrogen) atoms. The van der Waals surface area contributed by atoms with Crippen molar-refractivity contribution in [3.8, 4) is 34.7 Å². The summed E-state index contributed by atoms with van der Waals surface area (Å²) in [6.45, 7) is 9.16. The van der Waals surface area contributed by atoms with Gasteiger partial charge in [0.15, 0.2) is 0 Å². The number of fused-ring (bicyclic) bond motifs is 1. The summed E-state index contributed by atoms with van der Waals surface area (Å²) >= 11 is 0. The second kappa shape index (κ2) is 12.1. The second-order valence-corrected chi connectivity index (χ2v) is 10.5. The monoisotopic (exact) mass is 530 g/mol. The van der Waals surface area contributed by atoms with Gasteiger partial charge >= 0.3 is 5.97 Å². The molecule has 1 aromatic heterocycles. The van der Waals surface area contributed by atoms with Gasteiger partial charge in [0.05, 0.1) is 18.6 Å². The number of hydrogen-bond donors (Lipinski definition) is 0. The summed E-state index contributed by atoms with van der Waals surface area (Å²) in [4.78, 5) is 31.2. The first kappa shape index (κ1) is 27.8. The topological polar surface area (TPSA) is 119 Å². The fourth-order valence-corrected chi connectivity index (χ4v) is 4.42. The summed E-state index contributed by atoms with van der Waals surface area (Å²) in [5.74, 6) is 0.903. The molecule has 0 radical (unpaired) electrons. The number of esters is 1. The van der Waals surface area contributed by atoms with E-state index in [0.717, 1.165) is 24.0 Å². The van der Waals surface area contributed by atoms with E-state index in [-0.39, 0.29) is 24.7 Å². The molecule has 0 fully saturated rings. The summed E-state index contributed by atoms with van der Waals surface area (Å²) in [6.07, 6.45) is 2.49. The van der Waals surface area contributed by atoms with Gasteiger partial charge in [-0.3, -0.25) is 9.59 Å². The lowest BCUT2D eigenvalue weighted by molar-refractivity contribution is -0.156. The highest BCUT2D eigenvalue weighted by Gasteiger charge is 2.22. The van der Waals surface area contributed by atoms with E-state index in [0.29, 0.717) is 54.7 Å². The van der Waals surface area contributed by atoms with Crippen molar-refractivity contribution in [3.05, 3.63) is 53.1 Å². The highest BCUT2D eigenvalue weighted by molar-refractivity contribution is 5.81. The van der Waals surface area contributed by atoms with Crippen LogP contribution in [0.15, 0.2) is 40.9 Å². The van der Waals surface area contributed by atoms with E-state index in [1.165, 1.54) is 5.56 Å². The molecule has 1 amide bonds. The normalized spacial score (nSPS) is 13.3. The fourth-order valence-electron chi connectivity index (χ4n) is 4.42. The molecule has 0 N–H and O–H groups in total. The Labute approximate surface area is 228 Å². The molecule has 0 saturated carbocycles. The Bertz CT molecular complexity index is 1380. The molecule has 0 aliphatic carbocycles. The Balaban J connectivity index is 1.42. The largest absolute Gasteiger partial charge is 0.492 e. The minimum Gasteiger partial charge on any atom is -0.492 e. The molecule has 1 aliphatic rings. The Morgan fingerprint density at radius 1 is 1.05 bits per heavy atom. The number of amides is 1. The molecule has 204 valence electrons. The van der Waals surface area contributed by atoms with E-state index in [2.05, 4.69) is 16.2 Å². The van der Waals surface area contributed by atoms with Crippen molar-refractivity contribution in [2.24, 2.45) is 0 Å². The van der Waals surface area contributed by atoms with Crippen molar-refractivity contribution in [1.29, 1.82) is 5.26 Å². The van der Waals surface area contributed by atoms with Crippen LogP contribution in [0.3, 0.4) is 0 Å². The van der Waals surface area contributed by atoms with E-state index in [1.807, 2.05) is 50.8 Å². The Kier molecular flexibility index (Phi) is 8.65. The van der Waals surface area contributed by atoms with Crippen molar-refractivity contribution < 1.29 is 23.6 Å². The quantitative estimate of drug-likeness (QED) is 0.369. The van der Waals surface area contributed by atoms with Crippen LogP contribution in [0, 0.1) is 11.3 Å². The van der Waals surface area contributed by atoms with E-state index >= 15 is 0 Å². The maximum atomic E-state index is 12.8. The maximum absolute atomic E-state index is 12.8. The van der Waals surface area contributed by atoms with Gasteiger partial charge in [0, 0.05) is 30.6 Å². The highest BCUT2D eigenvalue weighted by Crippen LogP contribution is 2.29. The number of carbonyl (C=O) groups excluding carboxylic acids is 2. The summed E-state index contributed by atoms with van der Waals surface area (Å²) in [5.41, 5.74) is 3.61. The van der Waals surface area contributed by atoms with Crippen LogP contribution in [-0.4, -0.2) is 52.2 Å². The first-order valence-electron chi connectivity index (χ1n) is 13.3. The van der Waals surface area contributed by atoms with Gasteiger partial charge in [0.2, 0.25) is 11.7 Å². The number of ether oxygens (including phenoxy) is 2. The number of nitrogens with zero attached hydrogens (tertiary/aromatic N) is 4.